The molecule has 0 saturated carbocycles. The van der Waals surface area contributed by atoms with Crippen molar-refractivity contribution in [2.24, 2.45) is 7.05 Å². The molecule has 2 aromatic heterocycles. The van der Waals surface area contributed by atoms with Crippen molar-refractivity contribution >= 4 is 5.91 Å². The van der Waals surface area contributed by atoms with Crippen molar-refractivity contribution in [1.29, 1.82) is 0 Å². The Morgan fingerprint density at radius 3 is 2.74 bits per heavy atom. The molecule has 27 heavy (non-hydrogen) atoms. The SMILES string of the molecule is Cc1nc(-c2nccn2C)cc(C2CCCN(C(=O)c3ccccc3)C2)n1. The number of imidazole rings is 1. The van der Waals surface area contributed by atoms with E-state index in [1.54, 1.807) is 6.20 Å². The van der Waals surface area contributed by atoms with Gasteiger partial charge in [-0.1, -0.05) is 18.2 Å². The summed E-state index contributed by atoms with van der Waals surface area (Å²) in [6.45, 7) is 3.39. The van der Waals surface area contributed by atoms with Crippen molar-refractivity contribution in [2.75, 3.05) is 13.1 Å². The molecule has 0 aliphatic carbocycles. The lowest BCUT2D eigenvalue weighted by atomic mass is 9.93. The smallest absolute Gasteiger partial charge is 0.253 e. The Labute approximate surface area is 158 Å². The summed E-state index contributed by atoms with van der Waals surface area (Å²) in [5, 5.41) is 0. The molecule has 1 aliphatic heterocycles. The van der Waals surface area contributed by atoms with Crippen LogP contribution < -0.4 is 0 Å². The highest BCUT2D eigenvalue weighted by atomic mass is 16.2. The van der Waals surface area contributed by atoms with Gasteiger partial charge in [0.15, 0.2) is 5.82 Å². The van der Waals surface area contributed by atoms with Crippen LogP contribution in [0.3, 0.4) is 0 Å². The number of benzene rings is 1. The zero-order chi connectivity index (χ0) is 18.8. The Morgan fingerprint density at radius 2 is 2.00 bits per heavy atom. The van der Waals surface area contributed by atoms with Crippen LogP contribution in [-0.4, -0.2) is 43.4 Å². The third-order valence-corrected chi connectivity index (χ3v) is 5.06. The average molecular weight is 361 g/mol. The average Bonchev–Trinajstić information content (AvgIpc) is 3.14. The van der Waals surface area contributed by atoms with Crippen molar-refractivity contribution in [3.8, 4) is 11.5 Å². The highest BCUT2D eigenvalue weighted by Gasteiger charge is 2.27. The molecule has 1 atom stereocenters. The second-order valence-electron chi connectivity index (χ2n) is 7.04. The van der Waals surface area contributed by atoms with E-state index in [9.17, 15) is 4.79 Å². The molecule has 1 aliphatic rings. The topological polar surface area (TPSA) is 63.9 Å². The largest absolute Gasteiger partial charge is 0.338 e. The molecule has 6 heteroatoms. The van der Waals surface area contributed by atoms with Crippen molar-refractivity contribution in [2.45, 2.75) is 25.7 Å². The number of aryl methyl sites for hydroxylation is 2. The fourth-order valence-electron chi connectivity index (χ4n) is 3.69. The highest BCUT2D eigenvalue weighted by molar-refractivity contribution is 5.94. The Morgan fingerprint density at radius 1 is 1.19 bits per heavy atom. The molecule has 138 valence electrons. The van der Waals surface area contributed by atoms with Gasteiger partial charge in [-0.05, 0) is 38.0 Å². The van der Waals surface area contributed by atoms with Gasteiger partial charge >= 0.3 is 0 Å². The van der Waals surface area contributed by atoms with Crippen LogP contribution >= 0.6 is 0 Å². The van der Waals surface area contributed by atoms with Crippen LogP contribution in [-0.2, 0) is 7.05 Å². The van der Waals surface area contributed by atoms with Gasteiger partial charge in [0, 0.05) is 49.7 Å². The number of amides is 1. The van der Waals surface area contributed by atoms with Gasteiger partial charge in [0.05, 0.1) is 0 Å². The maximum atomic E-state index is 12.8. The minimum absolute atomic E-state index is 0.0930. The number of carbonyl (C=O) groups excluding carboxylic acids is 1. The van der Waals surface area contributed by atoms with Gasteiger partial charge in [0.25, 0.3) is 5.91 Å². The van der Waals surface area contributed by atoms with Gasteiger partial charge in [-0.2, -0.15) is 0 Å². The van der Waals surface area contributed by atoms with Crippen molar-refractivity contribution < 1.29 is 4.79 Å². The van der Waals surface area contributed by atoms with E-state index in [1.807, 2.05) is 66.0 Å². The monoisotopic (exact) mass is 361 g/mol. The zero-order valence-electron chi connectivity index (χ0n) is 15.7. The predicted molar refractivity (Wildman–Crippen MR) is 103 cm³/mol. The fraction of sp³-hybridized carbons (Fsp3) is 0.333. The Hall–Kier alpha value is -3.02. The van der Waals surface area contributed by atoms with Gasteiger partial charge in [-0.3, -0.25) is 4.79 Å². The molecule has 3 aromatic rings. The van der Waals surface area contributed by atoms with Crippen LogP contribution in [0.2, 0.25) is 0 Å². The number of aromatic nitrogens is 4. The summed E-state index contributed by atoms with van der Waals surface area (Å²) in [6.07, 6.45) is 5.68. The third-order valence-electron chi connectivity index (χ3n) is 5.06. The molecule has 0 bridgehead atoms. The van der Waals surface area contributed by atoms with Gasteiger partial charge in [-0.25, -0.2) is 15.0 Å². The molecule has 6 nitrogen and oxygen atoms in total. The van der Waals surface area contributed by atoms with Crippen LogP contribution in [0.4, 0.5) is 0 Å². The third kappa shape index (κ3) is 3.60. The molecule has 1 amide bonds. The summed E-state index contributed by atoms with van der Waals surface area (Å²) < 4.78 is 1.96. The Bertz CT molecular complexity index is 950. The fourth-order valence-corrected chi connectivity index (χ4v) is 3.69. The first kappa shape index (κ1) is 17.4. The normalized spacial score (nSPS) is 17.1. The Balaban J connectivity index is 1.59. The van der Waals surface area contributed by atoms with E-state index in [1.165, 1.54) is 0 Å². The van der Waals surface area contributed by atoms with Crippen molar-refractivity contribution in [3.05, 3.63) is 65.9 Å². The predicted octanol–water partition coefficient (Wildman–Crippen LogP) is 3.21. The molecule has 4 rings (SSSR count). The van der Waals surface area contributed by atoms with Crippen LogP contribution in [0.1, 0.15) is 40.6 Å². The molecular weight excluding hydrogens is 338 g/mol. The summed E-state index contributed by atoms with van der Waals surface area (Å²) in [5.74, 6) is 1.87. The first-order valence-corrected chi connectivity index (χ1v) is 9.29. The van der Waals surface area contributed by atoms with Gasteiger partial charge in [0.2, 0.25) is 0 Å². The molecule has 1 aromatic carbocycles. The van der Waals surface area contributed by atoms with E-state index >= 15 is 0 Å². The second-order valence-corrected chi connectivity index (χ2v) is 7.04. The van der Waals surface area contributed by atoms with Gasteiger partial charge < -0.3 is 9.47 Å². The molecule has 0 radical (unpaired) electrons. The molecular formula is C21H23N5O. The first-order valence-electron chi connectivity index (χ1n) is 9.29. The standard InChI is InChI=1S/C21H23N5O/c1-15-23-18(13-19(24-15)20-22-10-12-25(20)2)17-9-6-11-26(14-17)21(27)16-7-4-3-5-8-16/h3-5,7-8,10,12-13,17H,6,9,11,14H2,1-2H3. The molecule has 1 fully saturated rings. The molecule has 1 saturated heterocycles. The number of nitrogens with zero attached hydrogens (tertiary/aromatic N) is 5. The van der Waals surface area contributed by atoms with Crippen LogP contribution in [0, 0.1) is 6.92 Å². The van der Waals surface area contributed by atoms with Crippen LogP contribution in [0.25, 0.3) is 11.5 Å². The summed E-state index contributed by atoms with van der Waals surface area (Å²) in [5.41, 5.74) is 2.56. The number of likely N-dealkylation sites (tertiary alicyclic amines) is 1. The van der Waals surface area contributed by atoms with E-state index in [0.29, 0.717) is 6.54 Å². The maximum absolute atomic E-state index is 12.8. The van der Waals surface area contributed by atoms with Crippen LogP contribution in [0.5, 0.6) is 0 Å². The van der Waals surface area contributed by atoms with E-state index in [0.717, 1.165) is 48.0 Å². The lowest BCUT2D eigenvalue weighted by Gasteiger charge is -2.32. The zero-order valence-corrected chi connectivity index (χ0v) is 15.7. The highest BCUT2D eigenvalue weighted by Crippen LogP contribution is 2.28. The molecule has 1 unspecified atom stereocenters. The van der Waals surface area contributed by atoms with E-state index in [-0.39, 0.29) is 11.8 Å². The number of hydrogen-bond donors (Lipinski definition) is 0. The number of rotatable bonds is 3. The number of carbonyl (C=O) groups is 1. The van der Waals surface area contributed by atoms with E-state index in [4.69, 9.17) is 0 Å². The minimum atomic E-state index is 0.0930. The van der Waals surface area contributed by atoms with E-state index < -0.39 is 0 Å². The molecule has 3 heterocycles. The number of piperidine rings is 1. The molecule has 0 N–H and O–H groups in total. The second kappa shape index (κ2) is 7.31. The number of hydrogen-bond acceptors (Lipinski definition) is 4. The van der Waals surface area contributed by atoms with Crippen molar-refractivity contribution in [3.63, 3.8) is 0 Å². The summed E-state index contributed by atoms with van der Waals surface area (Å²) in [7, 11) is 1.96. The lowest BCUT2D eigenvalue weighted by molar-refractivity contribution is 0.0706. The van der Waals surface area contributed by atoms with Gasteiger partial charge in [0.1, 0.15) is 11.5 Å². The first-order chi connectivity index (χ1) is 13.1. The summed E-state index contributed by atoms with van der Waals surface area (Å²) in [4.78, 5) is 28.4. The Kier molecular flexibility index (Phi) is 4.71. The van der Waals surface area contributed by atoms with Crippen molar-refractivity contribution in [1.82, 2.24) is 24.4 Å². The summed E-state index contributed by atoms with van der Waals surface area (Å²) >= 11 is 0. The molecule has 0 spiro atoms. The van der Waals surface area contributed by atoms with Crippen LogP contribution in [0.15, 0.2) is 48.8 Å². The van der Waals surface area contributed by atoms with E-state index in [2.05, 4.69) is 15.0 Å². The quantitative estimate of drug-likeness (QED) is 0.719. The maximum Gasteiger partial charge on any atom is 0.253 e. The van der Waals surface area contributed by atoms with Gasteiger partial charge in [-0.15, -0.1) is 0 Å². The summed E-state index contributed by atoms with van der Waals surface area (Å²) in [6, 6.07) is 11.5. The minimum Gasteiger partial charge on any atom is -0.338 e. The lowest BCUT2D eigenvalue weighted by Crippen LogP contribution is -2.39.